The maximum atomic E-state index is 13.2. The van der Waals surface area contributed by atoms with Gasteiger partial charge in [0.15, 0.2) is 5.03 Å². The number of benzene rings is 2. The summed E-state index contributed by atoms with van der Waals surface area (Å²) in [5.41, 5.74) is 3.64. The van der Waals surface area contributed by atoms with Crippen LogP contribution in [0.2, 0.25) is 0 Å². The van der Waals surface area contributed by atoms with Gasteiger partial charge < -0.3 is 10.2 Å². The van der Waals surface area contributed by atoms with Crippen molar-refractivity contribution in [3.8, 4) is 0 Å². The van der Waals surface area contributed by atoms with E-state index < -0.39 is 0 Å². The Balaban J connectivity index is 1.41. The highest BCUT2D eigenvalue weighted by Crippen LogP contribution is 2.18. The van der Waals surface area contributed by atoms with Crippen molar-refractivity contribution < 1.29 is 4.79 Å². The molecule has 6 nitrogen and oxygen atoms in total. The number of aromatic nitrogens is 2. The molecule has 1 fully saturated rings. The van der Waals surface area contributed by atoms with E-state index in [1.54, 1.807) is 4.57 Å². The molecule has 0 unspecified atom stereocenters. The summed E-state index contributed by atoms with van der Waals surface area (Å²) in [4.78, 5) is 32.5. The normalized spacial score (nSPS) is 14.2. The van der Waals surface area contributed by atoms with Crippen LogP contribution in [0.5, 0.6) is 0 Å². The monoisotopic (exact) mass is 450 g/mol. The van der Waals surface area contributed by atoms with E-state index in [0.29, 0.717) is 18.1 Å². The molecular weight excluding hydrogens is 420 g/mol. The number of thioether (sulfide) groups is 1. The SMILES string of the molecule is Cc1ccc(Cn2c(=O)c(SCC(=O)NCCCN3CCCC3)nc3ccccc32)cc1. The minimum absolute atomic E-state index is 0.0594. The lowest BCUT2D eigenvalue weighted by Gasteiger charge is -2.14. The summed E-state index contributed by atoms with van der Waals surface area (Å²) in [7, 11) is 0. The van der Waals surface area contributed by atoms with Crippen LogP contribution in [-0.2, 0) is 11.3 Å². The van der Waals surface area contributed by atoms with Crippen LogP contribution in [0.25, 0.3) is 11.0 Å². The predicted octanol–water partition coefficient (Wildman–Crippen LogP) is 3.45. The van der Waals surface area contributed by atoms with Crippen molar-refractivity contribution in [2.45, 2.75) is 37.8 Å². The molecular formula is C25H30N4O2S. The first kappa shape index (κ1) is 22.6. The molecule has 1 aliphatic heterocycles. The molecule has 1 saturated heterocycles. The second kappa shape index (κ2) is 10.8. The number of likely N-dealkylation sites (tertiary alicyclic amines) is 1. The van der Waals surface area contributed by atoms with Crippen LogP contribution in [-0.4, -0.2) is 52.3 Å². The zero-order valence-corrected chi connectivity index (χ0v) is 19.4. The van der Waals surface area contributed by atoms with Gasteiger partial charge in [-0.25, -0.2) is 4.98 Å². The highest BCUT2D eigenvalue weighted by atomic mass is 32.2. The number of hydrogen-bond donors (Lipinski definition) is 1. The number of carbonyl (C=O) groups excluding carboxylic acids is 1. The molecule has 1 aliphatic rings. The predicted molar refractivity (Wildman–Crippen MR) is 130 cm³/mol. The molecule has 1 aromatic heterocycles. The molecule has 0 radical (unpaired) electrons. The molecule has 4 rings (SSSR count). The molecule has 32 heavy (non-hydrogen) atoms. The Hall–Kier alpha value is -2.64. The molecule has 3 aromatic rings. The zero-order valence-electron chi connectivity index (χ0n) is 18.5. The van der Waals surface area contributed by atoms with Crippen LogP contribution in [0, 0.1) is 6.92 Å². The van der Waals surface area contributed by atoms with Crippen LogP contribution in [0.15, 0.2) is 58.4 Å². The van der Waals surface area contributed by atoms with Crippen LogP contribution < -0.4 is 10.9 Å². The summed E-state index contributed by atoms with van der Waals surface area (Å²) in [6.45, 7) is 6.56. The molecule has 0 atom stereocenters. The molecule has 7 heteroatoms. The van der Waals surface area contributed by atoms with Gasteiger partial charge in [-0.1, -0.05) is 53.7 Å². The first-order valence-electron chi connectivity index (χ1n) is 11.3. The average molecular weight is 451 g/mol. The molecule has 1 amide bonds. The van der Waals surface area contributed by atoms with Gasteiger partial charge in [-0.15, -0.1) is 0 Å². The van der Waals surface area contributed by atoms with Crippen molar-refractivity contribution in [2.75, 3.05) is 31.9 Å². The third-order valence-electron chi connectivity index (χ3n) is 5.80. The Morgan fingerprint density at radius 1 is 1.09 bits per heavy atom. The highest BCUT2D eigenvalue weighted by Gasteiger charge is 2.14. The van der Waals surface area contributed by atoms with Crippen molar-refractivity contribution in [1.82, 2.24) is 19.8 Å². The van der Waals surface area contributed by atoms with Crippen LogP contribution in [0.3, 0.4) is 0 Å². The number of nitrogens with one attached hydrogen (secondary N) is 1. The molecule has 0 bridgehead atoms. The number of para-hydroxylation sites is 2. The average Bonchev–Trinajstić information content (AvgIpc) is 3.32. The fourth-order valence-corrected chi connectivity index (χ4v) is 4.78. The third kappa shape index (κ3) is 5.78. The maximum Gasteiger partial charge on any atom is 0.283 e. The van der Waals surface area contributed by atoms with Gasteiger partial charge in [0, 0.05) is 6.54 Å². The van der Waals surface area contributed by atoms with E-state index in [4.69, 9.17) is 0 Å². The minimum Gasteiger partial charge on any atom is -0.355 e. The molecule has 0 spiro atoms. The number of amides is 1. The van der Waals surface area contributed by atoms with Crippen molar-refractivity contribution in [2.24, 2.45) is 0 Å². The Morgan fingerprint density at radius 3 is 2.62 bits per heavy atom. The van der Waals surface area contributed by atoms with Gasteiger partial charge in [0.2, 0.25) is 5.91 Å². The van der Waals surface area contributed by atoms with Crippen molar-refractivity contribution in [1.29, 1.82) is 0 Å². The topological polar surface area (TPSA) is 67.2 Å². The highest BCUT2D eigenvalue weighted by molar-refractivity contribution is 7.99. The summed E-state index contributed by atoms with van der Waals surface area (Å²) in [6, 6.07) is 15.8. The Kier molecular flexibility index (Phi) is 7.60. The lowest BCUT2D eigenvalue weighted by atomic mass is 10.1. The lowest BCUT2D eigenvalue weighted by Crippen LogP contribution is -2.30. The second-order valence-electron chi connectivity index (χ2n) is 8.32. The molecule has 0 saturated carbocycles. The summed E-state index contributed by atoms with van der Waals surface area (Å²) in [6.07, 6.45) is 3.51. The van der Waals surface area contributed by atoms with E-state index in [-0.39, 0.29) is 17.2 Å². The van der Waals surface area contributed by atoms with Crippen molar-refractivity contribution in [3.63, 3.8) is 0 Å². The van der Waals surface area contributed by atoms with E-state index in [1.807, 2.05) is 55.5 Å². The maximum absolute atomic E-state index is 13.2. The van der Waals surface area contributed by atoms with Crippen LogP contribution in [0.4, 0.5) is 0 Å². The summed E-state index contributed by atoms with van der Waals surface area (Å²) in [5.74, 6) is 0.130. The van der Waals surface area contributed by atoms with Gasteiger partial charge in [0.1, 0.15) is 0 Å². The second-order valence-corrected chi connectivity index (χ2v) is 9.29. The van der Waals surface area contributed by atoms with Gasteiger partial charge in [0.25, 0.3) is 5.56 Å². The van der Waals surface area contributed by atoms with Gasteiger partial charge in [-0.2, -0.15) is 0 Å². The quantitative estimate of drug-likeness (QED) is 0.400. The van der Waals surface area contributed by atoms with Crippen LogP contribution >= 0.6 is 11.8 Å². The molecule has 2 heterocycles. The first-order chi connectivity index (χ1) is 15.6. The standard InChI is InChI=1S/C25H30N4O2S/c1-19-9-11-20(12-10-19)17-29-22-8-3-2-7-21(22)27-24(25(29)31)32-18-23(30)26-13-6-16-28-14-4-5-15-28/h2-3,7-12H,4-6,13-18H2,1H3,(H,26,30). The Labute approximate surface area is 193 Å². The summed E-state index contributed by atoms with van der Waals surface area (Å²) < 4.78 is 1.75. The van der Waals surface area contributed by atoms with E-state index in [1.165, 1.54) is 43.3 Å². The number of nitrogens with zero attached hydrogens (tertiary/aromatic N) is 3. The zero-order chi connectivity index (χ0) is 22.3. The van der Waals surface area contributed by atoms with E-state index in [9.17, 15) is 9.59 Å². The largest absolute Gasteiger partial charge is 0.355 e. The minimum atomic E-state index is -0.156. The van der Waals surface area contributed by atoms with Crippen molar-refractivity contribution in [3.05, 3.63) is 70.0 Å². The number of fused-ring (bicyclic) bond motifs is 1. The number of rotatable bonds is 9. The Bertz CT molecular complexity index is 1120. The lowest BCUT2D eigenvalue weighted by molar-refractivity contribution is -0.118. The van der Waals surface area contributed by atoms with Gasteiger partial charge in [-0.05, 0) is 63.5 Å². The van der Waals surface area contributed by atoms with Crippen LogP contribution in [0.1, 0.15) is 30.4 Å². The number of hydrogen-bond acceptors (Lipinski definition) is 5. The smallest absolute Gasteiger partial charge is 0.283 e. The number of carbonyl (C=O) groups is 1. The number of aryl methyl sites for hydroxylation is 1. The van der Waals surface area contributed by atoms with Crippen molar-refractivity contribution >= 4 is 28.7 Å². The van der Waals surface area contributed by atoms with Gasteiger partial charge >= 0.3 is 0 Å². The Morgan fingerprint density at radius 2 is 1.84 bits per heavy atom. The fourth-order valence-electron chi connectivity index (χ4n) is 4.02. The van der Waals surface area contributed by atoms with Gasteiger partial charge in [0.05, 0.1) is 23.3 Å². The molecule has 168 valence electrons. The molecule has 1 N–H and O–H groups in total. The third-order valence-corrected chi connectivity index (χ3v) is 6.74. The molecule has 2 aromatic carbocycles. The fraction of sp³-hybridized carbons (Fsp3) is 0.400. The van der Waals surface area contributed by atoms with Gasteiger partial charge in [-0.3, -0.25) is 14.2 Å². The summed E-state index contributed by atoms with van der Waals surface area (Å²) in [5, 5.41) is 3.33. The van der Waals surface area contributed by atoms with E-state index in [2.05, 4.69) is 15.2 Å². The van der Waals surface area contributed by atoms with E-state index >= 15 is 0 Å². The first-order valence-corrected chi connectivity index (χ1v) is 12.3. The summed E-state index contributed by atoms with van der Waals surface area (Å²) >= 11 is 1.21. The molecule has 0 aliphatic carbocycles. The van der Waals surface area contributed by atoms with E-state index in [0.717, 1.165) is 29.6 Å².